The molecule has 0 spiro atoms. The van der Waals surface area contributed by atoms with E-state index in [2.05, 4.69) is 15.5 Å². The Morgan fingerprint density at radius 1 is 1.13 bits per heavy atom. The number of hydrogen-bond donors (Lipinski definition) is 1. The highest BCUT2D eigenvalue weighted by Crippen LogP contribution is 2.32. The van der Waals surface area contributed by atoms with Crippen molar-refractivity contribution in [3.05, 3.63) is 59.7 Å². The number of carbonyl (C=O) groups excluding carboxylic acids is 1. The average molecular weight is 411 g/mol. The van der Waals surface area contributed by atoms with Crippen LogP contribution < -0.4 is 14.8 Å². The van der Waals surface area contributed by atoms with Gasteiger partial charge in [0.25, 0.3) is 0 Å². The molecule has 4 rings (SSSR count). The maximum atomic E-state index is 13.0. The van der Waals surface area contributed by atoms with Crippen molar-refractivity contribution < 1.29 is 23.2 Å². The Bertz CT molecular complexity index is 1020. The van der Waals surface area contributed by atoms with Crippen LogP contribution in [-0.2, 0) is 11.2 Å². The van der Waals surface area contributed by atoms with Gasteiger partial charge in [-0.25, -0.2) is 4.39 Å². The van der Waals surface area contributed by atoms with Gasteiger partial charge in [-0.3, -0.25) is 4.79 Å². The van der Waals surface area contributed by atoms with Gasteiger partial charge in [-0.1, -0.05) is 11.2 Å². The molecule has 1 N–H and O–H groups in total. The van der Waals surface area contributed by atoms with E-state index >= 15 is 0 Å². The van der Waals surface area contributed by atoms with Crippen molar-refractivity contribution in [1.82, 2.24) is 15.5 Å². The molecule has 1 aliphatic rings. The van der Waals surface area contributed by atoms with Gasteiger partial charge < -0.3 is 19.3 Å². The van der Waals surface area contributed by atoms with Crippen LogP contribution in [0.4, 0.5) is 4.39 Å². The molecule has 2 heterocycles. The zero-order chi connectivity index (χ0) is 20.9. The SMILES string of the molecule is CC(NC(=O)CCCc1nc(-c2ccc(F)cc2)no1)c1ccc2c(c1)OCCO2. The second-order valence-electron chi connectivity index (χ2n) is 7.06. The molecular formula is C22H22FN3O4. The number of aromatic nitrogens is 2. The first-order chi connectivity index (χ1) is 14.6. The molecule has 1 aromatic heterocycles. The number of aryl methyl sites for hydroxylation is 1. The molecule has 1 aliphatic heterocycles. The normalized spacial score (nSPS) is 13.7. The van der Waals surface area contributed by atoms with E-state index in [1.807, 2.05) is 25.1 Å². The predicted molar refractivity (Wildman–Crippen MR) is 107 cm³/mol. The van der Waals surface area contributed by atoms with Crippen molar-refractivity contribution in [2.75, 3.05) is 13.2 Å². The van der Waals surface area contributed by atoms with Gasteiger partial charge in [0, 0.05) is 18.4 Å². The third kappa shape index (κ3) is 4.76. The third-order valence-corrected chi connectivity index (χ3v) is 4.81. The Morgan fingerprint density at radius 3 is 2.70 bits per heavy atom. The Morgan fingerprint density at radius 2 is 1.90 bits per heavy atom. The van der Waals surface area contributed by atoms with Gasteiger partial charge in [0.1, 0.15) is 19.0 Å². The first-order valence-electron chi connectivity index (χ1n) is 9.86. The van der Waals surface area contributed by atoms with Gasteiger partial charge in [-0.15, -0.1) is 0 Å². The number of nitrogens with zero attached hydrogens (tertiary/aromatic N) is 2. The lowest BCUT2D eigenvalue weighted by Gasteiger charge is -2.21. The van der Waals surface area contributed by atoms with Crippen LogP contribution in [0.1, 0.15) is 37.3 Å². The summed E-state index contributed by atoms with van der Waals surface area (Å²) in [4.78, 5) is 16.6. The van der Waals surface area contributed by atoms with Crippen molar-refractivity contribution in [2.24, 2.45) is 0 Å². The Balaban J connectivity index is 1.25. The van der Waals surface area contributed by atoms with Crippen LogP contribution >= 0.6 is 0 Å². The van der Waals surface area contributed by atoms with Gasteiger partial charge in [0.2, 0.25) is 17.6 Å². The Kier molecular flexibility index (Phi) is 5.92. The van der Waals surface area contributed by atoms with E-state index < -0.39 is 0 Å². The van der Waals surface area contributed by atoms with Crippen molar-refractivity contribution in [3.63, 3.8) is 0 Å². The fourth-order valence-corrected chi connectivity index (χ4v) is 3.20. The second-order valence-corrected chi connectivity index (χ2v) is 7.06. The zero-order valence-electron chi connectivity index (χ0n) is 16.6. The largest absolute Gasteiger partial charge is 0.486 e. The topological polar surface area (TPSA) is 86.5 Å². The van der Waals surface area contributed by atoms with Crippen molar-refractivity contribution >= 4 is 5.91 Å². The third-order valence-electron chi connectivity index (χ3n) is 4.81. The van der Waals surface area contributed by atoms with Gasteiger partial charge in [0.15, 0.2) is 11.5 Å². The number of amides is 1. The van der Waals surface area contributed by atoms with Gasteiger partial charge in [0.05, 0.1) is 6.04 Å². The van der Waals surface area contributed by atoms with Crippen LogP contribution in [0, 0.1) is 5.82 Å². The monoisotopic (exact) mass is 411 g/mol. The molecule has 0 saturated carbocycles. The van der Waals surface area contributed by atoms with Crippen molar-refractivity contribution in [1.29, 1.82) is 0 Å². The minimum atomic E-state index is -0.320. The minimum Gasteiger partial charge on any atom is -0.486 e. The minimum absolute atomic E-state index is 0.0596. The zero-order valence-corrected chi connectivity index (χ0v) is 16.6. The lowest BCUT2D eigenvalue weighted by atomic mass is 10.1. The summed E-state index contributed by atoms with van der Waals surface area (Å²) in [5, 5.41) is 6.89. The molecule has 0 radical (unpaired) electrons. The maximum absolute atomic E-state index is 13.0. The van der Waals surface area contributed by atoms with Crippen LogP contribution in [0.2, 0.25) is 0 Å². The highest BCUT2D eigenvalue weighted by molar-refractivity contribution is 5.76. The van der Waals surface area contributed by atoms with E-state index in [4.69, 9.17) is 14.0 Å². The molecule has 3 aromatic rings. The summed E-state index contributed by atoms with van der Waals surface area (Å²) < 4.78 is 29.3. The molecule has 0 saturated heterocycles. The number of halogens is 1. The summed E-state index contributed by atoms with van der Waals surface area (Å²) in [6, 6.07) is 11.4. The summed E-state index contributed by atoms with van der Waals surface area (Å²) in [5.74, 6) is 1.90. The van der Waals surface area contributed by atoms with E-state index in [1.54, 1.807) is 12.1 Å². The summed E-state index contributed by atoms with van der Waals surface area (Å²) in [7, 11) is 0. The molecule has 2 aromatic carbocycles. The highest BCUT2D eigenvalue weighted by Gasteiger charge is 2.16. The van der Waals surface area contributed by atoms with Gasteiger partial charge >= 0.3 is 0 Å². The van der Waals surface area contributed by atoms with Crippen LogP contribution in [0.3, 0.4) is 0 Å². The number of rotatable bonds is 7. The summed E-state index contributed by atoms with van der Waals surface area (Å²) in [5.41, 5.74) is 1.63. The van der Waals surface area contributed by atoms with Gasteiger partial charge in [-0.2, -0.15) is 4.98 Å². The van der Waals surface area contributed by atoms with E-state index in [0.29, 0.717) is 55.5 Å². The van der Waals surface area contributed by atoms with E-state index in [-0.39, 0.29) is 17.8 Å². The maximum Gasteiger partial charge on any atom is 0.226 e. The Labute approximate surface area is 173 Å². The molecule has 1 atom stereocenters. The molecule has 0 bridgehead atoms. The molecule has 0 fully saturated rings. The second kappa shape index (κ2) is 8.94. The van der Waals surface area contributed by atoms with Gasteiger partial charge in [-0.05, 0) is 55.3 Å². The average Bonchev–Trinajstić information content (AvgIpc) is 3.22. The molecule has 7 nitrogen and oxygen atoms in total. The number of hydrogen-bond acceptors (Lipinski definition) is 6. The fraction of sp³-hybridized carbons (Fsp3) is 0.318. The highest BCUT2D eigenvalue weighted by atomic mass is 19.1. The van der Waals surface area contributed by atoms with Crippen LogP contribution in [0.15, 0.2) is 47.0 Å². The number of benzene rings is 2. The quantitative estimate of drug-likeness (QED) is 0.636. The molecule has 30 heavy (non-hydrogen) atoms. The molecule has 1 unspecified atom stereocenters. The lowest BCUT2D eigenvalue weighted by Crippen LogP contribution is -2.26. The summed E-state index contributed by atoms with van der Waals surface area (Å²) >= 11 is 0. The van der Waals surface area contributed by atoms with Crippen molar-refractivity contribution in [2.45, 2.75) is 32.2 Å². The van der Waals surface area contributed by atoms with E-state index in [9.17, 15) is 9.18 Å². The van der Waals surface area contributed by atoms with Crippen LogP contribution in [0.25, 0.3) is 11.4 Å². The molecule has 0 aliphatic carbocycles. The number of carbonyl (C=O) groups is 1. The fourth-order valence-electron chi connectivity index (χ4n) is 3.20. The van der Waals surface area contributed by atoms with Crippen LogP contribution in [0.5, 0.6) is 11.5 Å². The lowest BCUT2D eigenvalue weighted by molar-refractivity contribution is -0.121. The smallest absolute Gasteiger partial charge is 0.226 e. The molecule has 156 valence electrons. The van der Waals surface area contributed by atoms with Crippen LogP contribution in [-0.4, -0.2) is 29.3 Å². The standard InChI is InChI=1S/C22H22FN3O4/c1-14(16-7-10-18-19(13-16)29-12-11-28-18)24-20(27)3-2-4-21-25-22(26-30-21)15-5-8-17(23)9-6-15/h5-10,13-14H,2-4,11-12H2,1H3,(H,24,27). The van der Waals surface area contributed by atoms with E-state index in [1.165, 1.54) is 12.1 Å². The first-order valence-corrected chi connectivity index (χ1v) is 9.86. The van der Waals surface area contributed by atoms with E-state index in [0.717, 1.165) is 11.3 Å². The number of fused-ring (bicyclic) bond motifs is 1. The summed E-state index contributed by atoms with van der Waals surface area (Å²) in [6.07, 6.45) is 1.40. The van der Waals surface area contributed by atoms with Crippen molar-refractivity contribution in [3.8, 4) is 22.9 Å². The number of ether oxygens (including phenoxy) is 2. The number of nitrogens with one attached hydrogen (secondary N) is 1. The Hall–Kier alpha value is -3.42. The molecule has 8 heteroatoms. The molecular weight excluding hydrogens is 389 g/mol. The summed E-state index contributed by atoms with van der Waals surface area (Å²) in [6.45, 7) is 3.00. The predicted octanol–water partition coefficient (Wildman–Crippen LogP) is 3.85. The molecule has 1 amide bonds. The first kappa shape index (κ1) is 19.9.